The molecule has 0 aliphatic carbocycles. The van der Waals surface area contributed by atoms with Gasteiger partial charge in [-0.2, -0.15) is 0 Å². The SMILES string of the molecule is CCCCOc1ccc(C(O)CS(=O)(=O)NC(=O)c2ccc(CO)nc2)cc1. The van der Waals surface area contributed by atoms with E-state index in [2.05, 4.69) is 11.9 Å². The molecule has 0 spiro atoms. The first kappa shape index (κ1) is 21.8. The van der Waals surface area contributed by atoms with Gasteiger partial charge in [-0.05, 0) is 36.2 Å². The van der Waals surface area contributed by atoms with Gasteiger partial charge in [-0.25, -0.2) is 13.1 Å². The summed E-state index contributed by atoms with van der Waals surface area (Å²) in [5, 5.41) is 19.1. The molecule has 2 rings (SSSR count). The van der Waals surface area contributed by atoms with Crippen molar-refractivity contribution in [2.45, 2.75) is 32.5 Å². The van der Waals surface area contributed by atoms with Crippen LogP contribution in [0, 0.1) is 0 Å². The van der Waals surface area contributed by atoms with Crippen LogP contribution in [0.3, 0.4) is 0 Å². The molecular formula is C19H24N2O6S. The van der Waals surface area contributed by atoms with Crippen LogP contribution in [-0.2, 0) is 16.6 Å². The second-order valence-corrected chi connectivity index (χ2v) is 7.96. The summed E-state index contributed by atoms with van der Waals surface area (Å²) in [5.41, 5.74) is 0.787. The van der Waals surface area contributed by atoms with Gasteiger partial charge >= 0.3 is 0 Å². The Kier molecular flexibility index (Phi) is 7.91. The number of carbonyl (C=O) groups excluding carboxylic acids is 1. The first-order valence-electron chi connectivity index (χ1n) is 8.86. The standard InChI is InChI=1S/C19H24N2O6S/c1-2-3-10-27-17-8-5-14(6-9-17)18(23)13-28(25,26)21-19(24)15-4-7-16(12-22)20-11-15/h4-9,11,18,22-23H,2-3,10,12-13H2,1H3,(H,21,24). The number of aromatic nitrogens is 1. The van der Waals surface area contributed by atoms with E-state index in [9.17, 15) is 18.3 Å². The number of carbonyl (C=O) groups is 1. The lowest BCUT2D eigenvalue weighted by Crippen LogP contribution is -2.34. The molecule has 152 valence electrons. The molecule has 1 atom stereocenters. The zero-order valence-corrected chi connectivity index (χ0v) is 16.4. The highest BCUT2D eigenvalue weighted by Crippen LogP contribution is 2.19. The minimum Gasteiger partial charge on any atom is -0.494 e. The lowest BCUT2D eigenvalue weighted by molar-refractivity contribution is 0.0980. The number of ether oxygens (including phenoxy) is 1. The number of aliphatic hydroxyl groups excluding tert-OH is 2. The molecule has 0 saturated heterocycles. The number of rotatable bonds is 10. The molecule has 1 aromatic carbocycles. The highest BCUT2D eigenvalue weighted by molar-refractivity contribution is 7.90. The zero-order chi connectivity index (χ0) is 20.6. The van der Waals surface area contributed by atoms with E-state index in [1.54, 1.807) is 24.3 Å². The van der Waals surface area contributed by atoms with Crippen molar-refractivity contribution in [1.29, 1.82) is 0 Å². The summed E-state index contributed by atoms with van der Waals surface area (Å²) >= 11 is 0. The Balaban J connectivity index is 1.95. The average Bonchev–Trinajstić information content (AvgIpc) is 2.68. The number of nitrogens with one attached hydrogen (secondary N) is 1. The van der Waals surface area contributed by atoms with Gasteiger partial charge in [0.25, 0.3) is 5.91 Å². The summed E-state index contributed by atoms with van der Waals surface area (Å²) in [6.07, 6.45) is 1.82. The molecule has 1 aromatic heterocycles. The van der Waals surface area contributed by atoms with E-state index in [4.69, 9.17) is 9.84 Å². The Morgan fingerprint density at radius 1 is 1.21 bits per heavy atom. The van der Waals surface area contributed by atoms with Crippen LogP contribution in [0.2, 0.25) is 0 Å². The van der Waals surface area contributed by atoms with Gasteiger partial charge in [0.05, 0.1) is 36.3 Å². The lowest BCUT2D eigenvalue weighted by atomic mass is 10.1. The highest BCUT2D eigenvalue weighted by atomic mass is 32.2. The number of unbranched alkanes of at least 4 members (excludes halogenated alkanes) is 1. The van der Waals surface area contributed by atoms with Crippen molar-refractivity contribution in [2.24, 2.45) is 0 Å². The second kappa shape index (κ2) is 10.2. The van der Waals surface area contributed by atoms with Crippen LogP contribution in [0.4, 0.5) is 0 Å². The molecule has 0 radical (unpaired) electrons. The summed E-state index contributed by atoms with van der Waals surface area (Å²) < 4.78 is 31.8. The summed E-state index contributed by atoms with van der Waals surface area (Å²) in [6, 6.07) is 9.26. The molecule has 0 aliphatic heterocycles. The summed E-state index contributed by atoms with van der Waals surface area (Å²) in [7, 11) is -4.08. The van der Waals surface area contributed by atoms with E-state index in [1.807, 2.05) is 4.72 Å². The maximum Gasteiger partial charge on any atom is 0.266 e. The van der Waals surface area contributed by atoms with E-state index in [0.29, 0.717) is 23.6 Å². The van der Waals surface area contributed by atoms with E-state index in [0.717, 1.165) is 12.8 Å². The van der Waals surface area contributed by atoms with E-state index < -0.39 is 27.8 Å². The maximum absolute atomic E-state index is 12.2. The van der Waals surface area contributed by atoms with Gasteiger partial charge in [0.15, 0.2) is 0 Å². The van der Waals surface area contributed by atoms with Crippen LogP contribution in [-0.4, -0.2) is 41.9 Å². The molecule has 1 unspecified atom stereocenters. The summed E-state index contributed by atoms with van der Waals surface area (Å²) in [6.45, 7) is 2.37. The molecule has 1 heterocycles. The minimum atomic E-state index is -4.08. The number of benzene rings is 1. The van der Waals surface area contributed by atoms with Gasteiger partial charge in [0.1, 0.15) is 5.75 Å². The number of sulfonamides is 1. The van der Waals surface area contributed by atoms with Crippen LogP contribution in [0.15, 0.2) is 42.6 Å². The molecule has 0 fully saturated rings. The summed E-state index contributed by atoms with van der Waals surface area (Å²) in [5.74, 6) is -0.889. The Labute approximate surface area is 164 Å². The van der Waals surface area contributed by atoms with Gasteiger partial charge in [0, 0.05) is 6.20 Å². The van der Waals surface area contributed by atoms with Gasteiger partial charge in [-0.3, -0.25) is 9.78 Å². The quantitative estimate of drug-likeness (QED) is 0.509. The molecule has 0 aliphatic rings. The lowest BCUT2D eigenvalue weighted by Gasteiger charge is -2.13. The maximum atomic E-state index is 12.2. The van der Waals surface area contributed by atoms with Crippen molar-refractivity contribution in [3.05, 3.63) is 59.4 Å². The fraction of sp³-hybridized carbons (Fsp3) is 0.368. The van der Waals surface area contributed by atoms with Crippen molar-refractivity contribution < 1.29 is 28.2 Å². The smallest absolute Gasteiger partial charge is 0.266 e. The van der Waals surface area contributed by atoms with Gasteiger partial charge in [0.2, 0.25) is 10.0 Å². The molecule has 0 bridgehead atoms. The average molecular weight is 408 g/mol. The minimum absolute atomic E-state index is 0.0313. The Bertz CT molecular complexity index is 866. The van der Waals surface area contributed by atoms with Crippen molar-refractivity contribution >= 4 is 15.9 Å². The van der Waals surface area contributed by atoms with Gasteiger partial charge < -0.3 is 14.9 Å². The molecule has 28 heavy (non-hydrogen) atoms. The third-order valence-electron chi connectivity index (χ3n) is 3.91. The normalized spacial score (nSPS) is 12.4. The molecule has 2 aromatic rings. The molecule has 0 saturated carbocycles. The number of pyridine rings is 1. The Morgan fingerprint density at radius 3 is 2.50 bits per heavy atom. The van der Waals surface area contributed by atoms with Crippen LogP contribution < -0.4 is 9.46 Å². The Morgan fingerprint density at radius 2 is 1.93 bits per heavy atom. The zero-order valence-electron chi connectivity index (χ0n) is 15.5. The van der Waals surface area contributed by atoms with Crippen LogP contribution in [0.1, 0.15) is 47.5 Å². The third-order valence-corrected chi connectivity index (χ3v) is 5.16. The van der Waals surface area contributed by atoms with E-state index in [1.165, 1.54) is 18.3 Å². The molecule has 3 N–H and O–H groups in total. The van der Waals surface area contributed by atoms with Crippen LogP contribution in [0.25, 0.3) is 0 Å². The van der Waals surface area contributed by atoms with Crippen molar-refractivity contribution in [1.82, 2.24) is 9.71 Å². The summed E-state index contributed by atoms with van der Waals surface area (Å²) in [4.78, 5) is 15.9. The number of nitrogens with zero attached hydrogens (tertiary/aromatic N) is 1. The fourth-order valence-corrected chi connectivity index (χ4v) is 3.41. The highest BCUT2D eigenvalue weighted by Gasteiger charge is 2.22. The molecule has 8 nitrogen and oxygen atoms in total. The van der Waals surface area contributed by atoms with E-state index in [-0.39, 0.29) is 12.2 Å². The molecule has 9 heteroatoms. The largest absolute Gasteiger partial charge is 0.494 e. The monoisotopic (exact) mass is 408 g/mol. The van der Waals surface area contributed by atoms with Crippen LogP contribution >= 0.6 is 0 Å². The number of aliphatic hydroxyl groups is 2. The second-order valence-electron chi connectivity index (χ2n) is 6.20. The number of hydrogen-bond donors (Lipinski definition) is 3. The third kappa shape index (κ3) is 6.59. The first-order chi connectivity index (χ1) is 13.3. The number of amides is 1. The first-order valence-corrected chi connectivity index (χ1v) is 10.5. The van der Waals surface area contributed by atoms with Gasteiger partial charge in [-0.1, -0.05) is 25.5 Å². The molecular weight excluding hydrogens is 384 g/mol. The predicted octanol–water partition coefficient (Wildman–Crippen LogP) is 1.55. The Hall–Kier alpha value is -2.49. The fourth-order valence-electron chi connectivity index (χ4n) is 2.32. The predicted molar refractivity (Wildman–Crippen MR) is 103 cm³/mol. The molecule has 1 amide bonds. The van der Waals surface area contributed by atoms with E-state index >= 15 is 0 Å². The van der Waals surface area contributed by atoms with Gasteiger partial charge in [-0.15, -0.1) is 0 Å². The van der Waals surface area contributed by atoms with Crippen LogP contribution in [0.5, 0.6) is 5.75 Å². The van der Waals surface area contributed by atoms with Crippen molar-refractivity contribution in [2.75, 3.05) is 12.4 Å². The number of hydrogen-bond acceptors (Lipinski definition) is 7. The topological polar surface area (TPSA) is 126 Å². The van der Waals surface area contributed by atoms with Crippen molar-refractivity contribution in [3.8, 4) is 5.75 Å². The van der Waals surface area contributed by atoms with Crippen molar-refractivity contribution in [3.63, 3.8) is 0 Å².